The second-order valence-corrected chi connectivity index (χ2v) is 14.5. The summed E-state index contributed by atoms with van der Waals surface area (Å²) < 4.78 is 30.6. The van der Waals surface area contributed by atoms with Crippen molar-refractivity contribution >= 4 is 28.6 Å². The maximum Gasteiger partial charge on any atom is 0.269 e. The number of aliphatic hydroxyl groups is 2. The van der Waals surface area contributed by atoms with E-state index >= 15 is 4.39 Å². The molecule has 1 aromatic carbocycles. The number of ketones is 2. The lowest BCUT2D eigenvalue weighted by atomic mass is 9.44. The average Bonchev–Trinajstić information content (AvgIpc) is 3.67. The van der Waals surface area contributed by atoms with Crippen molar-refractivity contribution in [2.75, 3.05) is 6.61 Å². The molecule has 1 aliphatic heterocycles. The number of ether oxygens (including phenoxy) is 2. The van der Waals surface area contributed by atoms with Gasteiger partial charge in [-0.05, 0) is 68.4 Å². The molecule has 2 N–H and O–H groups in total. The lowest BCUT2D eigenvalue weighted by Gasteiger charge is -2.62. The van der Waals surface area contributed by atoms with Crippen LogP contribution in [-0.4, -0.2) is 56.8 Å². The van der Waals surface area contributed by atoms with Crippen LogP contribution in [0.5, 0.6) is 0 Å². The summed E-state index contributed by atoms with van der Waals surface area (Å²) in [6.07, 6.45) is 2.97. The standard InChI is InChI=1S/C33H34FNO8S/c1-30-11-10-21(37)14-19(30)6-8-23-24-15-28-33(27(39)17-36,31(24,2)16-26(38)32(23,30)34)43-29(42-28)25-9-7-22(44-25)13-18-4-3-5-20(12-18)35(40)41/h3-5,7,9-12,14,23-24,26,28-29,36,38H,6,8,13,15-17H2,1-2H3/t23-,24-,26-,28+,29+,30-,31-,32-,33+/m0/s1. The highest BCUT2D eigenvalue weighted by Crippen LogP contribution is 2.72. The van der Waals surface area contributed by atoms with Crippen LogP contribution in [0.15, 0.2) is 60.2 Å². The van der Waals surface area contributed by atoms with E-state index in [2.05, 4.69) is 0 Å². The van der Waals surface area contributed by atoms with Gasteiger partial charge in [0.05, 0.1) is 22.0 Å². The molecule has 1 aromatic heterocycles. The van der Waals surface area contributed by atoms with Gasteiger partial charge in [-0.3, -0.25) is 19.7 Å². The highest BCUT2D eigenvalue weighted by molar-refractivity contribution is 7.12. The molecule has 3 saturated carbocycles. The number of rotatable bonds is 6. The fourth-order valence-corrected chi connectivity index (χ4v) is 10.3. The fourth-order valence-electron chi connectivity index (χ4n) is 9.30. The number of carbonyl (C=O) groups is 2. The van der Waals surface area contributed by atoms with Gasteiger partial charge >= 0.3 is 0 Å². The number of nitrogens with zero attached hydrogens (tertiary/aromatic N) is 1. The highest BCUT2D eigenvalue weighted by atomic mass is 32.1. The number of benzene rings is 1. The molecule has 5 aliphatic rings. The minimum atomic E-state index is -2.06. The van der Waals surface area contributed by atoms with Gasteiger partial charge in [0.1, 0.15) is 6.61 Å². The van der Waals surface area contributed by atoms with Gasteiger partial charge in [-0.2, -0.15) is 0 Å². The van der Waals surface area contributed by atoms with Crippen molar-refractivity contribution in [3.8, 4) is 0 Å². The van der Waals surface area contributed by atoms with E-state index in [1.54, 1.807) is 19.1 Å². The zero-order valence-corrected chi connectivity index (χ0v) is 25.2. The first kappa shape index (κ1) is 29.6. The minimum Gasteiger partial charge on any atom is -0.390 e. The number of aliphatic hydroxyl groups excluding tert-OH is 2. The van der Waals surface area contributed by atoms with Crippen LogP contribution in [0.3, 0.4) is 0 Å². The van der Waals surface area contributed by atoms with Crippen LogP contribution in [0.25, 0.3) is 0 Å². The number of hydrogen-bond acceptors (Lipinski definition) is 9. The lowest BCUT2D eigenvalue weighted by molar-refractivity contribution is -0.384. The SMILES string of the molecule is C[C@]12C=CC(=O)C=C1CC[C@H]1[C@@H]3C[C@H]4O[C@@H](c5ccc(Cc6cccc([N+](=O)[O-])c6)s5)O[C@@]4(C(=O)CO)[C@@]3(C)C[C@H](O)[C@@]12F. The van der Waals surface area contributed by atoms with Crippen molar-refractivity contribution in [1.82, 2.24) is 0 Å². The van der Waals surface area contributed by atoms with Crippen LogP contribution in [0.2, 0.25) is 0 Å². The molecule has 0 amide bonds. The zero-order chi connectivity index (χ0) is 31.2. The monoisotopic (exact) mass is 623 g/mol. The van der Waals surface area contributed by atoms with Crippen LogP contribution in [0, 0.1) is 32.8 Å². The molecule has 11 heteroatoms. The Bertz CT molecular complexity index is 1640. The van der Waals surface area contributed by atoms with Gasteiger partial charge in [-0.15, -0.1) is 11.3 Å². The van der Waals surface area contributed by atoms with Gasteiger partial charge in [-0.25, -0.2) is 4.39 Å². The Morgan fingerprint density at radius 2 is 2.02 bits per heavy atom. The molecule has 44 heavy (non-hydrogen) atoms. The van der Waals surface area contributed by atoms with Crippen molar-refractivity contribution in [3.63, 3.8) is 0 Å². The highest BCUT2D eigenvalue weighted by Gasteiger charge is 2.79. The number of Topliss-reactive ketones (excluding diaryl/α,β-unsaturated/α-hetero) is 1. The molecule has 1 saturated heterocycles. The Morgan fingerprint density at radius 3 is 2.77 bits per heavy atom. The van der Waals surface area contributed by atoms with E-state index < -0.39 is 63.8 Å². The van der Waals surface area contributed by atoms with Gasteiger partial charge in [0.25, 0.3) is 5.69 Å². The number of halogens is 1. The molecule has 0 bridgehead atoms. The van der Waals surface area contributed by atoms with Crippen molar-refractivity contribution in [2.45, 2.75) is 75.7 Å². The maximum absolute atomic E-state index is 17.5. The van der Waals surface area contributed by atoms with E-state index in [-0.39, 0.29) is 23.8 Å². The molecule has 232 valence electrons. The second kappa shape index (κ2) is 9.95. The quantitative estimate of drug-likeness (QED) is 0.341. The number of nitro groups is 1. The molecule has 4 aliphatic carbocycles. The van der Waals surface area contributed by atoms with Crippen molar-refractivity contribution < 1.29 is 38.6 Å². The summed E-state index contributed by atoms with van der Waals surface area (Å²) in [4.78, 5) is 38.2. The van der Waals surface area contributed by atoms with E-state index in [1.807, 2.05) is 25.1 Å². The summed E-state index contributed by atoms with van der Waals surface area (Å²) in [6, 6.07) is 10.2. The minimum absolute atomic E-state index is 0.0148. The number of allylic oxidation sites excluding steroid dienone is 4. The van der Waals surface area contributed by atoms with E-state index in [0.29, 0.717) is 36.1 Å². The summed E-state index contributed by atoms with van der Waals surface area (Å²) in [5.41, 5.74) is -4.36. The zero-order valence-electron chi connectivity index (χ0n) is 24.4. The van der Waals surface area contributed by atoms with Crippen molar-refractivity contribution in [2.24, 2.45) is 22.7 Å². The first-order valence-electron chi connectivity index (χ1n) is 15.0. The third-order valence-electron chi connectivity index (χ3n) is 11.4. The molecule has 9 atom stereocenters. The van der Waals surface area contributed by atoms with Gasteiger partial charge in [0, 0.05) is 40.2 Å². The number of thiophene rings is 1. The molecule has 0 spiro atoms. The maximum atomic E-state index is 17.5. The smallest absolute Gasteiger partial charge is 0.269 e. The lowest BCUT2D eigenvalue weighted by Crippen LogP contribution is -2.69. The normalized spacial score (nSPS) is 40.5. The molecule has 2 heterocycles. The molecule has 7 rings (SSSR count). The number of hydrogen-bond donors (Lipinski definition) is 2. The van der Waals surface area contributed by atoms with Gasteiger partial charge in [-0.1, -0.05) is 30.7 Å². The van der Waals surface area contributed by atoms with Crippen LogP contribution in [-0.2, 0) is 25.5 Å². The summed E-state index contributed by atoms with van der Waals surface area (Å²) in [6.45, 7) is 2.82. The topological polar surface area (TPSA) is 136 Å². The predicted molar refractivity (Wildman–Crippen MR) is 157 cm³/mol. The number of nitro benzene ring substituents is 1. The molecular formula is C33H34FNO8S. The molecule has 0 radical (unpaired) electrons. The second-order valence-electron chi connectivity index (χ2n) is 13.3. The Morgan fingerprint density at radius 1 is 1.23 bits per heavy atom. The Labute approximate surface area is 257 Å². The molecule has 0 unspecified atom stereocenters. The predicted octanol–water partition coefficient (Wildman–Crippen LogP) is 4.94. The first-order valence-corrected chi connectivity index (χ1v) is 15.8. The van der Waals surface area contributed by atoms with Crippen LogP contribution < -0.4 is 0 Å². The fraction of sp³-hybridized carbons (Fsp3) is 0.515. The van der Waals surface area contributed by atoms with Crippen molar-refractivity contribution in [1.29, 1.82) is 0 Å². The number of carbonyl (C=O) groups excluding carboxylic acids is 2. The molecule has 9 nitrogen and oxygen atoms in total. The van der Waals surface area contributed by atoms with E-state index in [4.69, 9.17) is 9.47 Å². The van der Waals surface area contributed by atoms with Crippen molar-refractivity contribution in [3.05, 3.63) is 85.6 Å². The third kappa shape index (κ3) is 3.83. The molecular weight excluding hydrogens is 589 g/mol. The average molecular weight is 624 g/mol. The number of alkyl halides is 1. The van der Waals surface area contributed by atoms with Gasteiger partial charge in [0.15, 0.2) is 29.1 Å². The van der Waals surface area contributed by atoms with E-state index in [9.17, 15) is 29.9 Å². The van der Waals surface area contributed by atoms with Crippen LogP contribution in [0.1, 0.15) is 61.1 Å². The first-order chi connectivity index (χ1) is 20.9. The van der Waals surface area contributed by atoms with Gasteiger partial charge in [0.2, 0.25) is 0 Å². The van der Waals surface area contributed by atoms with E-state index in [1.165, 1.54) is 35.6 Å². The Kier molecular flexibility index (Phi) is 6.70. The largest absolute Gasteiger partial charge is 0.390 e. The summed E-state index contributed by atoms with van der Waals surface area (Å²) in [5, 5.41) is 33.1. The molecule has 2 aromatic rings. The third-order valence-corrected chi connectivity index (χ3v) is 12.5. The number of non-ortho nitro benzene ring substituents is 1. The van der Waals surface area contributed by atoms with Gasteiger partial charge < -0.3 is 19.7 Å². The van der Waals surface area contributed by atoms with Crippen LogP contribution >= 0.6 is 11.3 Å². The summed E-state index contributed by atoms with van der Waals surface area (Å²) in [7, 11) is 0. The summed E-state index contributed by atoms with van der Waals surface area (Å²) in [5.74, 6) is -1.74. The van der Waals surface area contributed by atoms with E-state index in [0.717, 1.165) is 10.4 Å². The summed E-state index contributed by atoms with van der Waals surface area (Å²) >= 11 is 1.41. The Hall–Kier alpha value is -3.09. The molecule has 4 fully saturated rings. The Balaban J connectivity index is 1.20. The van der Waals surface area contributed by atoms with Crippen LogP contribution in [0.4, 0.5) is 10.1 Å². The number of fused-ring (bicyclic) bond motifs is 7.